The maximum Gasteiger partial charge on any atom is 0.136 e. The minimum Gasteiger partial charge on any atom is -0.456 e. The molecule has 0 radical (unpaired) electrons. The SMILES string of the molecule is CC1(C)c2ccccc2-c2cccc(-c3ccc(N(c4ccc(-c5cccc6ccccc56)cc4)c4ccccc4-c4cccc5oc6ccccc6c45)cc3)c21. The Bertz CT molecular complexity index is 3140. The summed E-state index contributed by atoms with van der Waals surface area (Å²) in [5, 5.41) is 4.74. The highest BCUT2D eigenvalue weighted by molar-refractivity contribution is 6.14. The number of fused-ring (bicyclic) bond motifs is 7. The number of nitrogens with zero attached hydrogens (tertiary/aromatic N) is 1. The molecule has 2 heteroatoms. The van der Waals surface area contributed by atoms with Gasteiger partial charge in [0, 0.05) is 33.1 Å². The number of rotatable bonds is 6. The molecule has 0 saturated carbocycles. The third-order valence-electron chi connectivity index (χ3n) is 12.1. The maximum atomic E-state index is 6.38. The van der Waals surface area contributed by atoms with Crippen LogP contribution in [0.5, 0.6) is 0 Å². The highest BCUT2D eigenvalue weighted by atomic mass is 16.3. The lowest BCUT2D eigenvalue weighted by molar-refractivity contribution is 0.662. The van der Waals surface area contributed by atoms with Gasteiger partial charge in [-0.25, -0.2) is 0 Å². The molecule has 0 atom stereocenters. The van der Waals surface area contributed by atoms with Crippen LogP contribution in [-0.2, 0) is 5.41 Å². The van der Waals surface area contributed by atoms with E-state index in [0.717, 1.165) is 50.1 Å². The van der Waals surface area contributed by atoms with Gasteiger partial charge in [0.15, 0.2) is 0 Å². The Morgan fingerprint density at radius 1 is 0.386 bits per heavy atom. The van der Waals surface area contributed by atoms with Gasteiger partial charge in [-0.15, -0.1) is 0 Å². The smallest absolute Gasteiger partial charge is 0.136 e. The molecule has 11 rings (SSSR count). The zero-order valence-electron chi connectivity index (χ0n) is 31.9. The number of furan rings is 1. The summed E-state index contributed by atoms with van der Waals surface area (Å²) in [5.74, 6) is 0. The molecule has 57 heavy (non-hydrogen) atoms. The Labute approximate surface area is 332 Å². The molecule has 0 aliphatic heterocycles. The molecule has 0 bridgehead atoms. The number of para-hydroxylation sites is 2. The Morgan fingerprint density at radius 2 is 0.912 bits per heavy atom. The zero-order chi connectivity index (χ0) is 38.1. The third-order valence-corrected chi connectivity index (χ3v) is 12.1. The molecule has 1 aliphatic carbocycles. The topological polar surface area (TPSA) is 16.4 Å². The normalized spacial score (nSPS) is 12.9. The zero-order valence-corrected chi connectivity index (χ0v) is 31.9. The summed E-state index contributed by atoms with van der Waals surface area (Å²) in [4.78, 5) is 2.41. The fourth-order valence-corrected chi connectivity index (χ4v) is 9.47. The highest BCUT2D eigenvalue weighted by Crippen LogP contribution is 2.52. The lowest BCUT2D eigenvalue weighted by Crippen LogP contribution is -2.16. The first-order valence-corrected chi connectivity index (χ1v) is 19.8. The average molecular weight is 730 g/mol. The van der Waals surface area contributed by atoms with Crippen LogP contribution in [0.2, 0.25) is 0 Å². The van der Waals surface area contributed by atoms with E-state index in [1.807, 2.05) is 6.07 Å². The minimum absolute atomic E-state index is 0.101. The molecule has 0 saturated heterocycles. The molecule has 1 aromatic heterocycles. The Balaban J connectivity index is 1.08. The summed E-state index contributed by atoms with van der Waals surface area (Å²) in [6.45, 7) is 4.72. The molecular formula is C55H39NO. The van der Waals surface area contributed by atoms with E-state index in [1.165, 1.54) is 55.3 Å². The quantitative estimate of drug-likeness (QED) is 0.169. The first-order chi connectivity index (χ1) is 28.0. The van der Waals surface area contributed by atoms with Gasteiger partial charge in [0.2, 0.25) is 0 Å². The molecule has 0 amide bonds. The van der Waals surface area contributed by atoms with Crippen LogP contribution < -0.4 is 4.90 Å². The van der Waals surface area contributed by atoms with Gasteiger partial charge in [-0.2, -0.15) is 0 Å². The van der Waals surface area contributed by atoms with Crippen molar-refractivity contribution in [3.8, 4) is 44.5 Å². The minimum atomic E-state index is -0.101. The van der Waals surface area contributed by atoms with Crippen LogP contribution in [-0.4, -0.2) is 0 Å². The first-order valence-electron chi connectivity index (χ1n) is 19.8. The second-order valence-corrected chi connectivity index (χ2v) is 15.6. The summed E-state index contributed by atoms with van der Waals surface area (Å²) in [6.07, 6.45) is 0. The Morgan fingerprint density at radius 3 is 1.72 bits per heavy atom. The first kappa shape index (κ1) is 33.2. The van der Waals surface area contributed by atoms with Crippen LogP contribution in [0.15, 0.2) is 205 Å². The number of hydrogen-bond acceptors (Lipinski definition) is 2. The molecular weight excluding hydrogens is 691 g/mol. The largest absolute Gasteiger partial charge is 0.456 e. The fourth-order valence-electron chi connectivity index (χ4n) is 9.47. The summed E-state index contributed by atoms with van der Waals surface area (Å²) in [6, 6.07) is 72.6. The average Bonchev–Trinajstić information content (AvgIpc) is 3.76. The van der Waals surface area contributed by atoms with Gasteiger partial charge in [-0.3, -0.25) is 0 Å². The van der Waals surface area contributed by atoms with Gasteiger partial charge in [0.25, 0.3) is 0 Å². The summed E-state index contributed by atoms with van der Waals surface area (Å²) in [5.41, 5.74) is 17.6. The van der Waals surface area contributed by atoms with E-state index in [1.54, 1.807) is 0 Å². The molecule has 270 valence electrons. The second-order valence-electron chi connectivity index (χ2n) is 15.6. The van der Waals surface area contributed by atoms with E-state index in [0.29, 0.717) is 0 Å². The van der Waals surface area contributed by atoms with Crippen molar-refractivity contribution < 1.29 is 4.42 Å². The van der Waals surface area contributed by atoms with Crippen molar-refractivity contribution in [1.82, 2.24) is 0 Å². The van der Waals surface area contributed by atoms with Crippen molar-refractivity contribution in [3.05, 3.63) is 211 Å². The fraction of sp³-hybridized carbons (Fsp3) is 0.0545. The van der Waals surface area contributed by atoms with Crippen molar-refractivity contribution in [2.24, 2.45) is 0 Å². The lowest BCUT2D eigenvalue weighted by atomic mass is 9.79. The molecule has 2 nitrogen and oxygen atoms in total. The van der Waals surface area contributed by atoms with Crippen LogP contribution in [0.1, 0.15) is 25.0 Å². The van der Waals surface area contributed by atoms with Crippen LogP contribution >= 0.6 is 0 Å². The molecule has 0 spiro atoms. The molecule has 0 fully saturated rings. The van der Waals surface area contributed by atoms with Gasteiger partial charge in [-0.1, -0.05) is 172 Å². The number of anilines is 3. The predicted octanol–water partition coefficient (Wildman–Crippen LogP) is 15.5. The van der Waals surface area contributed by atoms with Crippen molar-refractivity contribution in [3.63, 3.8) is 0 Å². The molecule has 1 aliphatic rings. The standard InChI is InChI=1S/C55H39NO/c1-55(2)49-24-8-5-17-44(49)47-23-12-21-43(54(47)55)38-30-34-40(35-31-38)56(39-32-28-37(29-33-39)42-20-11-15-36-14-3-4-16-41(36)42)50-25-9-6-18-45(50)46-22-13-27-52-53(46)48-19-7-10-26-51(48)57-52/h3-35H,1-2H3. The summed E-state index contributed by atoms with van der Waals surface area (Å²) < 4.78 is 6.38. The molecule has 0 N–H and O–H groups in total. The Hall–Kier alpha value is -7.16. The molecule has 10 aromatic rings. The van der Waals surface area contributed by atoms with Crippen LogP contribution in [0, 0.1) is 0 Å². The van der Waals surface area contributed by atoms with Crippen molar-refractivity contribution in [2.45, 2.75) is 19.3 Å². The Kier molecular flexibility index (Phi) is 7.55. The van der Waals surface area contributed by atoms with E-state index >= 15 is 0 Å². The monoisotopic (exact) mass is 729 g/mol. The van der Waals surface area contributed by atoms with Gasteiger partial charge >= 0.3 is 0 Å². The predicted molar refractivity (Wildman–Crippen MR) is 240 cm³/mol. The third kappa shape index (κ3) is 5.25. The summed E-state index contributed by atoms with van der Waals surface area (Å²) in [7, 11) is 0. The van der Waals surface area contributed by atoms with Crippen molar-refractivity contribution >= 4 is 49.8 Å². The lowest BCUT2D eigenvalue weighted by Gasteiger charge is -2.29. The van der Waals surface area contributed by atoms with E-state index < -0.39 is 0 Å². The van der Waals surface area contributed by atoms with Gasteiger partial charge in [-0.05, 0) is 103 Å². The van der Waals surface area contributed by atoms with Gasteiger partial charge < -0.3 is 9.32 Å². The van der Waals surface area contributed by atoms with Gasteiger partial charge in [0.05, 0.1) is 5.69 Å². The van der Waals surface area contributed by atoms with Crippen LogP contribution in [0.3, 0.4) is 0 Å². The van der Waals surface area contributed by atoms with Crippen LogP contribution in [0.25, 0.3) is 77.2 Å². The van der Waals surface area contributed by atoms with E-state index in [2.05, 4.69) is 213 Å². The molecule has 0 unspecified atom stereocenters. The van der Waals surface area contributed by atoms with Crippen molar-refractivity contribution in [2.75, 3.05) is 4.90 Å². The second kappa shape index (κ2) is 13.0. The number of hydrogen-bond donors (Lipinski definition) is 0. The van der Waals surface area contributed by atoms with E-state index in [4.69, 9.17) is 4.42 Å². The van der Waals surface area contributed by atoms with Gasteiger partial charge in [0.1, 0.15) is 11.2 Å². The molecule has 9 aromatic carbocycles. The maximum absolute atomic E-state index is 6.38. The molecule has 1 heterocycles. The van der Waals surface area contributed by atoms with Crippen LogP contribution in [0.4, 0.5) is 17.1 Å². The van der Waals surface area contributed by atoms with E-state index in [9.17, 15) is 0 Å². The van der Waals surface area contributed by atoms with Crippen molar-refractivity contribution in [1.29, 1.82) is 0 Å². The number of benzene rings is 9. The highest BCUT2D eigenvalue weighted by Gasteiger charge is 2.37. The summed E-state index contributed by atoms with van der Waals surface area (Å²) >= 11 is 0. The van der Waals surface area contributed by atoms with E-state index in [-0.39, 0.29) is 5.41 Å².